The highest BCUT2D eigenvalue weighted by atomic mass is 32.1. The second kappa shape index (κ2) is 5.19. The van der Waals surface area contributed by atoms with Crippen molar-refractivity contribution in [3.05, 3.63) is 10.8 Å². The SMILES string of the molecule is O=C(O)COCc1nn2c(C3CCCO3)nnc2s1. The summed E-state index contributed by atoms with van der Waals surface area (Å²) in [5, 5.41) is 21.6. The number of carboxylic acid groups (broad SMARTS) is 1. The maximum absolute atomic E-state index is 10.4. The third-order valence-electron chi connectivity index (χ3n) is 2.73. The third-order valence-corrected chi connectivity index (χ3v) is 3.60. The van der Waals surface area contributed by atoms with Crippen LogP contribution in [-0.2, 0) is 20.9 Å². The Labute approximate surface area is 112 Å². The van der Waals surface area contributed by atoms with Crippen molar-refractivity contribution < 1.29 is 19.4 Å². The first-order chi connectivity index (χ1) is 9.24. The van der Waals surface area contributed by atoms with Crippen LogP contribution >= 0.6 is 11.3 Å². The number of aromatic nitrogens is 4. The molecule has 0 saturated carbocycles. The van der Waals surface area contributed by atoms with E-state index in [2.05, 4.69) is 15.3 Å². The fraction of sp³-hybridized carbons (Fsp3) is 0.600. The number of rotatable bonds is 5. The standard InChI is InChI=1S/C10H12N4O4S/c15-8(16)5-17-4-7-13-14-9(6-2-1-3-18-6)11-12-10(14)19-7/h6H,1-5H2,(H,15,16). The van der Waals surface area contributed by atoms with E-state index in [4.69, 9.17) is 14.6 Å². The summed E-state index contributed by atoms with van der Waals surface area (Å²) in [6.45, 7) is 0.558. The molecular formula is C10H12N4O4S. The van der Waals surface area contributed by atoms with Gasteiger partial charge in [-0.25, -0.2) is 4.79 Å². The highest BCUT2D eigenvalue weighted by molar-refractivity contribution is 7.16. The van der Waals surface area contributed by atoms with Crippen molar-refractivity contribution in [2.75, 3.05) is 13.2 Å². The maximum atomic E-state index is 10.4. The topological polar surface area (TPSA) is 98.8 Å². The van der Waals surface area contributed by atoms with Crippen LogP contribution in [-0.4, -0.2) is 44.1 Å². The van der Waals surface area contributed by atoms with Gasteiger partial charge < -0.3 is 14.6 Å². The van der Waals surface area contributed by atoms with E-state index in [1.807, 2.05) is 0 Å². The van der Waals surface area contributed by atoms with E-state index in [0.717, 1.165) is 19.4 Å². The van der Waals surface area contributed by atoms with Gasteiger partial charge in [0.15, 0.2) is 5.82 Å². The number of nitrogens with zero attached hydrogens (tertiary/aromatic N) is 4. The molecule has 0 amide bonds. The van der Waals surface area contributed by atoms with Crippen LogP contribution < -0.4 is 0 Å². The predicted octanol–water partition coefficient (Wildman–Crippen LogP) is 0.638. The Morgan fingerprint density at radius 1 is 1.58 bits per heavy atom. The van der Waals surface area contributed by atoms with E-state index in [1.165, 1.54) is 11.3 Å². The quantitative estimate of drug-likeness (QED) is 0.860. The zero-order chi connectivity index (χ0) is 13.2. The fourth-order valence-corrected chi connectivity index (χ4v) is 2.72. The van der Waals surface area contributed by atoms with Crippen molar-refractivity contribution in [3.63, 3.8) is 0 Å². The normalized spacial score (nSPS) is 19.3. The number of aliphatic carboxylic acids is 1. The predicted molar refractivity (Wildman–Crippen MR) is 63.9 cm³/mol. The van der Waals surface area contributed by atoms with Crippen LogP contribution in [0.2, 0.25) is 0 Å². The lowest BCUT2D eigenvalue weighted by atomic mass is 10.2. The molecule has 0 spiro atoms. The smallest absolute Gasteiger partial charge is 0.329 e. The molecule has 0 radical (unpaired) electrons. The zero-order valence-electron chi connectivity index (χ0n) is 9.98. The minimum Gasteiger partial charge on any atom is -0.480 e. The van der Waals surface area contributed by atoms with Crippen molar-refractivity contribution >= 4 is 22.3 Å². The van der Waals surface area contributed by atoms with Gasteiger partial charge in [-0.2, -0.15) is 9.61 Å². The molecule has 1 fully saturated rings. The third kappa shape index (κ3) is 2.57. The van der Waals surface area contributed by atoms with E-state index < -0.39 is 5.97 Å². The van der Waals surface area contributed by atoms with Crippen LogP contribution in [0.15, 0.2) is 0 Å². The number of hydrogen-bond acceptors (Lipinski definition) is 7. The molecule has 1 saturated heterocycles. The summed E-state index contributed by atoms with van der Waals surface area (Å²) in [6, 6.07) is 0. The van der Waals surface area contributed by atoms with Gasteiger partial charge >= 0.3 is 5.97 Å². The summed E-state index contributed by atoms with van der Waals surface area (Å²) in [5.41, 5.74) is 0. The van der Waals surface area contributed by atoms with Crippen LogP contribution in [0.1, 0.15) is 29.8 Å². The summed E-state index contributed by atoms with van der Waals surface area (Å²) >= 11 is 1.33. The molecule has 0 aromatic carbocycles. The summed E-state index contributed by atoms with van der Waals surface area (Å²) in [6.07, 6.45) is 1.88. The molecule has 1 atom stereocenters. The summed E-state index contributed by atoms with van der Waals surface area (Å²) in [7, 11) is 0. The number of hydrogen-bond donors (Lipinski definition) is 1. The largest absolute Gasteiger partial charge is 0.480 e. The van der Waals surface area contributed by atoms with Crippen LogP contribution in [0, 0.1) is 0 Å². The van der Waals surface area contributed by atoms with Gasteiger partial charge in [0.25, 0.3) is 0 Å². The van der Waals surface area contributed by atoms with Crippen LogP contribution in [0.4, 0.5) is 0 Å². The fourth-order valence-electron chi connectivity index (χ4n) is 1.94. The zero-order valence-corrected chi connectivity index (χ0v) is 10.8. The van der Waals surface area contributed by atoms with Crippen molar-refractivity contribution in [3.8, 4) is 0 Å². The molecule has 2 aromatic rings. The average Bonchev–Trinajstić information content (AvgIpc) is 3.01. The lowest BCUT2D eigenvalue weighted by molar-refractivity contribution is -0.142. The van der Waals surface area contributed by atoms with Crippen molar-refractivity contribution in [2.24, 2.45) is 0 Å². The lowest BCUT2D eigenvalue weighted by Gasteiger charge is -2.04. The average molecular weight is 284 g/mol. The highest BCUT2D eigenvalue weighted by Gasteiger charge is 2.24. The Bertz CT molecular complexity index is 589. The molecule has 8 nitrogen and oxygen atoms in total. The molecular weight excluding hydrogens is 272 g/mol. The molecule has 1 N–H and O–H groups in total. The lowest BCUT2D eigenvalue weighted by Crippen LogP contribution is -2.07. The van der Waals surface area contributed by atoms with E-state index >= 15 is 0 Å². The monoisotopic (exact) mass is 284 g/mol. The first kappa shape index (κ1) is 12.5. The van der Waals surface area contributed by atoms with E-state index in [9.17, 15) is 4.79 Å². The molecule has 0 bridgehead atoms. The molecule has 3 heterocycles. The Kier molecular flexibility index (Phi) is 3.40. The number of fused-ring (bicyclic) bond motifs is 1. The van der Waals surface area contributed by atoms with Crippen LogP contribution in [0.25, 0.3) is 4.96 Å². The molecule has 102 valence electrons. The first-order valence-corrected chi connectivity index (χ1v) is 6.68. The minimum atomic E-state index is -0.997. The Hall–Kier alpha value is -1.58. The first-order valence-electron chi connectivity index (χ1n) is 5.86. The Morgan fingerprint density at radius 2 is 2.47 bits per heavy atom. The summed E-state index contributed by atoms with van der Waals surface area (Å²) < 4.78 is 12.2. The molecule has 1 unspecified atom stereocenters. The van der Waals surface area contributed by atoms with E-state index in [0.29, 0.717) is 15.8 Å². The summed E-state index contributed by atoms with van der Waals surface area (Å²) in [4.78, 5) is 11.0. The van der Waals surface area contributed by atoms with Gasteiger partial charge in [0, 0.05) is 6.61 Å². The number of carboxylic acids is 1. The van der Waals surface area contributed by atoms with Crippen LogP contribution in [0.5, 0.6) is 0 Å². The van der Waals surface area contributed by atoms with Gasteiger partial charge in [-0.1, -0.05) is 11.3 Å². The molecule has 1 aliphatic rings. The molecule has 3 rings (SSSR count). The second-order valence-electron chi connectivity index (χ2n) is 4.14. The van der Waals surface area contributed by atoms with Gasteiger partial charge in [-0.3, -0.25) is 0 Å². The molecule has 0 aliphatic carbocycles. The number of ether oxygens (including phenoxy) is 2. The highest BCUT2D eigenvalue weighted by Crippen LogP contribution is 2.28. The Balaban J connectivity index is 1.75. The van der Waals surface area contributed by atoms with Crippen molar-refractivity contribution in [1.29, 1.82) is 0 Å². The van der Waals surface area contributed by atoms with E-state index in [1.54, 1.807) is 4.52 Å². The van der Waals surface area contributed by atoms with E-state index in [-0.39, 0.29) is 19.3 Å². The molecule has 9 heteroatoms. The van der Waals surface area contributed by atoms with Gasteiger partial charge in [-0.05, 0) is 12.8 Å². The maximum Gasteiger partial charge on any atom is 0.329 e. The Morgan fingerprint density at radius 3 is 3.21 bits per heavy atom. The minimum absolute atomic E-state index is 0.0510. The van der Waals surface area contributed by atoms with Gasteiger partial charge in [-0.15, -0.1) is 10.2 Å². The molecule has 2 aromatic heterocycles. The summed E-state index contributed by atoms with van der Waals surface area (Å²) in [5.74, 6) is -0.295. The molecule has 1 aliphatic heterocycles. The molecule has 19 heavy (non-hydrogen) atoms. The second-order valence-corrected chi connectivity index (χ2v) is 5.18. The number of carbonyl (C=O) groups is 1. The van der Waals surface area contributed by atoms with Crippen LogP contribution in [0.3, 0.4) is 0 Å². The van der Waals surface area contributed by atoms with Gasteiger partial charge in [0.05, 0.1) is 0 Å². The van der Waals surface area contributed by atoms with Crippen molar-refractivity contribution in [1.82, 2.24) is 19.8 Å². The van der Waals surface area contributed by atoms with Crippen molar-refractivity contribution in [2.45, 2.75) is 25.6 Å². The van der Waals surface area contributed by atoms with Gasteiger partial charge in [0.1, 0.15) is 24.3 Å². The van der Waals surface area contributed by atoms with Gasteiger partial charge in [0.2, 0.25) is 4.96 Å².